The Balaban J connectivity index is 2.78. The molecule has 0 bridgehead atoms. The van der Waals surface area contributed by atoms with E-state index in [0.717, 1.165) is 5.56 Å². The Morgan fingerprint density at radius 3 is 2.88 bits per heavy atom. The van der Waals surface area contributed by atoms with Crippen LogP contribution >= 0.6 is 11.6 Å². The van der Waals surface area contributed by atoms with Gasteiger partial charge in [-0.15, -0.1) is 11.6 Å². The Bertz CT molecular complexity index is 384. The molecule has 1 unspecified atom stereocenters. The highest BCUT2D eigenvalue weighted by Gasteiger charge is 2.09. The van der Waals surface area contributed by atoms with Crippen LogP contribution in [0.3, 0.4) is 0 Å². The molecular formula is C10H13ClN2O3. The lowest BCUT2D eigenvalue weighted by Crippen LogP contribution is -2.21. The second-order valence-electron chi connectivity index (χ2n) is 3.45. The van der Waals surface area contributed by atoms with Crippen LogP contribution in [-0.4, -0.2) is 28.6 Å². The van der Waals surface area contributed by atoms with Gasteiger partial charge in [0.25, 0.3) is 5.69 Å². The predicted molar refractivity (Wildman–Crippen MR) is 63.0 cm³/mol. The zero-order valence-electron chi connectivity index (χ0n) is 8.81. The van der Waals surface area contributed by atoms with Gasteiger partial charge >= 0.3 is 0 Å². The molecule has 0 saturated carbocycles. The minimum Gasteiger partial charge on any atom is -0.390 e. The van der Waals surface area contributed by atoms with Gasteiger partial charge in [0.05, 0.1) is 16.9 Å². The Labute approximate surface area is 98.2 Å². The lowest BCUT2D eigenvalue weighted by atomic mass is 10.2. The van der Waals surface area contributed by atoms with Crippen molar-refractivity contribution in [2.45, 2.75) is 13.0 Å². The topological polar surface area (TPSA) is 75.4 Å². The van der Waals surface area contributed by atoms with Crippen molar-refractivity contribution in [1.29, 1.82) is 0 Å². The summed E-state index contributed by atoms with van der Waals surface area (Å²) >= 11 is 5.44. The number of non-ortho nitro benzene ring substituents is 1. The van der Waals surface area contributed by atoms with Crippen molar-refractivity contribution < 1.29 is 10.0 Å². The SMILES string of the molecule is Cc1ccc([N+](=O)[O-])cc1NCC(O)CCl. The molecule has 0 aliphatic heterocycles. The number of nitro groups is 1. The molecule has 0 spiro atoms. The first kappa shape index (κ1) is 12.7. The molecule has 0 heterocycles. The van der Waals surface area contributed by atoms with Crippen LogP contribution in [0.25, 0.3) is 0 Å². The molecule has 0 saturated heterocycles. The Kier molecular flexibility index (Phi) is 4.52. The fourth-order valence-electron chi connectivity index (χ4n) is 1.20. The standard InChI is InChI=1S/C10H13ClN2O3/c1-7-2-3-8(13(15)16)4-10(7)12-6-9(14)5-11/h2-4,9,12,14H,5-6H2,1H3. The first-order valence-electron chi connectivity index (χ1n) is 4.77. The van der Waals surface area contributed by atoms with E-state index in [1.165, 1.54) is 12.1 Å². The van der Waals surface area contributed by atoms with E-state index >= 15 is 0 Å². The van der Waals surface area contributed by atoms with Crippen LogP contribution in [0.15, 0.2) is 18.2 Å². The molecule has 1 atom stereocenters. The van der Waals surface area contributed by atoms with Crippen LogP contribution in [0.4, 0.5) is 11.4 Å². The number of alkyl halides is 1. The number of nitrogens with zero attached hydrogens (tertiary/aromatic N) is 1. The number of aliphatic hydroxyl groups is 1. The van der Waals surface area contributed by atoms with Gasteiger partial charge in [-0.2, -0.15) is 0 Å². The average molecular weight is 245 g/mol. The van der Waals surface area contributed by atoms with E-state index < -0.39 is 11.0 Å². The summed E-state index contributed by atoms with van der Waals surface area (Å²) in [5.74, 6) is 0.126. The third-order valence-electron chi connectivity index (χ3n) is 2.14. The number of benzene rings is 1. The van der Waals surface area contributed by atoms with E-state index in [1.807, 2.05) is 6.92 Å². The molecule has 0 aliphatic carbocycles. The second-order valence-corrected chi connectivity index (χ2v) is 3.75. The van der Waals surface area contributed by atoms with Gasteiger partial charge < -0.3 is 10.4 Å². The van der Waals surface area contributed by atoms with Gasteiger partial charge in [-0.25, -0.2) is 0 Å². The van der Waals surface area contributed by atoms with E-state index in [1.54, 1.807) is 6.07 Å². The van der Waals surface area contributed by atoms with E-state index in [-0.39, 0.29) is 18.1 Å². The summed E-state index contributed by atoms with van der Waals surface area (Å²) in [4.78, 5) is 10.1. The third-order valence-corrected chi connectivity index (χ3v) is 2.49. The number of hydrogen-bond donors (Lipinski definition) is 2. The fourth-order valence-corrected chi connectivity index (χ4v) is 1.31. The zero-order chi connectivity index (χ0) is 12.1. The van der Waals surface area contributed by atoms with Gasteiger partial charge in [0.1, 0.15) is 0 Å². The van der Waals surface area contributed by atoms with Gasteiger partial charge in [-0.05, 0) is 12.5 Å². The Morgan fingerprint density at radius 2 is 2.31 bits per heavy atom. The lowest BCUT2D eigenvalue weighted by Gasteiger charge is -2.11. The molecular weight excluding hydrogens is 232 g/mol. The fraction of sp³-hybridized carbons (Fsp3) is 0.400. The first-order valence-corrected chi connectivity index (χ1v) is 5.31. The maximum absolute atomic E-state index is 10.6. The summed E-state index contributed by atoms with van der Waals surface area (Å²) in [5.41, 5.74) is 1.54. The number of nitro benzene ring substituents is 1. The highest BCUT2D eigenvalue weighted by Crippen LogP contribution is 2.21. The normalized spacial score (nSPS) is 12.2. The molecule has 5 nitrogen and oxygen atoms in total. The van der Waals surface area contributed by atoms with Gasteiger partial charge in [-0.1, -0.05) is 6.07 Å². The van der Waals surface area contributed by atoms with Crippen molar-refractivity contribution in [3.8, 4) is 0 Å². The van der Waals surface area contributed by atoms with E-state index in [9.17, 15) is 15.2 Å². The number of rotatable bonds is 5. The van der Waals surface area contributed by atoms with Gasteiger partial charge in [0, 0.05) is 24.4 Å². The number of nitrogens with one attached hydrogen (secondary N) is 1. The summed E-state index contributed by atoms with van der Waals surface area (Å²) < 4.78 is 0. The predicted octanol–water partition coefficient (Wildman–Crippen LogP) is 1.91. The van der Waals surface area contributed by atoms with Crippen LogP contribution in [0, 0.1) is 17.0 Å². The van der Waals surface area contributed by atoms with Crippen molar-refractivity contribution >= 4 is 23.0 Å². The molecule has 2 N–H and O–H groups in total. The van der Waals surface area contributed by atoms with Crippen molar-refractivity contribution in [2.75, 3.05) is 17.7 Å². The number of aryl methyl sites for hydroxylation is 1. The van der Waals surface area contributed by atoms with Crippen molar-refractivity contribution in [1.82, 2.24) is 0 Å². The number of aliphatic hydroxyl groups excluding tert-OH is 1. The molecule has 0 aromatic heterocycles. The average Bonchev–Trinajstić information content (AvgIpc) is 2.27. The molecule has 0 aliphatic rings. The molecule has 1 aromatic carbocycles. The Hall–Kier alpha value is -1.33. The van der Waals surface area contributed by atoms with Gasteiger partial charge in [0.2, 0.25) is 0 Å². The molecule has 1 rings (SSSR count). The molecule has 6 heteroatoms. The van der Waals surface area contributed by atoms with Crippen molar-refractivity contribution in [2.24, 2.45) is 0 Å². The molecule has 0 amide bonds. The van der Waals surface area contributed by atoms with Crippen molar-refractivity contribution in [3.63, 3.8) is 0 Å². The smallest absolute Gasteiger partial charge is 0.271 e. The van der Waals surface area contributed by atoms with Crippen LogP contribution in [0.2, 0.25) is 0 Å². The molecule has 16 heavy (non-hydrogen) atoms. The number of halogens is 1. The highest BCUT2D eigenvalue weighted by molar-refractivity contribution is 6.18. The van der Waals surface area contributed by atoms with E-state index in [0.29, 0.717) is 5.69 Å². The van der Waals surface area contributed by atoms with Crippen LogP contribution in [0.5, 0.6) is 0 Å². The maximum Gasteiger partial charge on any atom is 0.271 e. The minimum atomic E-state index is -0.666. The quantitative estimate of drug-likeness (QED) is 0.471. The third kappa shape index (κ3) is 3.36. The monoisotopic (exact) mass is 244 g/mol. The molecule has 0 fully saturated rings. The minimum absolute atomic E-state index is 0.0217. The van der Waals surface area contributed by atoms with Crippen LogP contribution < -0.4 is 5.32 Å². The van der Waals surface area contributed by atoms with E-state index in [4.69, 9.17) is 11.6 Å². The zero-order valence-corrected chi connectivity index (χ0v) is 9.57. The number of hydrogen-bond acceptors (Lipinski definition) is 4. The van der Waals surface area contributed by atoms with Crippen molar-refractivity contribution in [3.05, 3.63) is 33.9 Å². The molecule has 1 aromatic rings. The van der Waals surface area contributed by atoms with Crippen LogP contribution in [0.1, 0.15) is 5.56 Å². The summed E-state index contributed by atoms with van der Waals surface area (Å²) in [6.45, 7) is 2.10. The maximum atomic E-state index is 10.6. The second kappa shape index (κ2) is 5.67. The summed E-state index contributed by atoms with van der Waals surface area (Å²) in [6, 6.07) is 4.54. The lowest BCUT2D eigenvalue weighted by molar-refractivity contribution is -0.384. The first-order chi connectivity index (χ1) is 7.54. The van der Waals surface area contributed by atoms with Crippen LogP contribution in [-0.2, 0) is 0 Å². The Morgan fingerprint density at radius 1 is 1.62 bits per heavy atom. The summed E-state index contributed by atoms with van der Waals surface area (Å²) in [6.07, 6.45) is -0.666. The van der Waals surface area contributed by atoms with E-state index in [2.05, 4.69) is 5.32 Å². The number of anilines is 1. The largest absolute Gasteiger partial charge is 0.390 e. The summed E-state index contributed by atoms with van der Waals surface area (Å²) in [5, 5.41) is 22.7. The summed E-state index contributed by atoms with van der Waals surface area (Å²) in [7, 11) is 0. The molecule has 0 radical (unpaired) electrons. The molecule has 88 valence electrons. The van der Waals surface area contributed by atoms with Gasteiger partial charge in [0.15, 0.2) is 0 Å². The van der Waals surface area contributed by atoms with Gasteiger partial charge in [-0.3, -0.25) is 10.1 Å². The highest BCUT2D eigenvalue weighted by atomic mass is 35.5.